The van der Waals surface area contributed by atoms with Crippen LogP contribution in [0.5, 0.6) is 5.75 Å². The number of carbonyl (C=O) groups is 1. The lowest BCUT2D eigenvalue weighted by Gasteiger charge is -2.36. The van der Waals surface area contributed by atoms with Gasteiger partial charge in [0.2, 0.25) is 11.8 Å². The number of pyridine rings is 1. The molecule has 1 unspecified atom stereocenters. The van der Waals surface area contributed by atoms with E-state index in [1.807, 2.05) is 42.2 Å². The van der Waals surface area contributed by atoms with Gasteiger partial charge in [0, 0.05) is 55.4 Å². The highest BCUT2D eigenvalue weighted by molar-refractivity contribution is 5.90. The summed E-state index contributed by atoms with van der Waals surface area (Å²) in [6, 6.07) is 9.16. The zero-order chi connectivity index (χ0) is 22.8. The summed E-state index contributed by atoms with van der Waals surface area (Å²) in [7, 11) is 1.63. The fourth-order valence-corrected chi connectivity index (χ4v) is 4.83. The van der Waals surface area contributed by atoms with Gasteiger partial charge < -0.3 is 24.1 Å². The van der Waals surface area contributed by atoms with Crippen LogP contribution in [0.3, 0.4) is 0 Å². The first-order valence-corrected chi connectivity index (χ1v) is 11.1. The summed E-state index contributed by atoms with van der Waals surface area (Å²) in [4.78, 5) is 19.1. The van der Waals surface area contributed by atoms with Crippen LogP contribution < -0.4 is 10.1 Å². The van der Waals surface area contributed by atoms with Crippen LogP contribution in [0.4, 0.5) is 10.5 Å². The highest BCUT2D eigenvalue weighted by Crippen LogP contribution is 2.49. The minimum Gasteiger partial charge on any atom is -0.497 e. The number of anilines is 1. The van der Waals surface area contributed by atoms with E-state index in [2.05, 4.69) is 20.5 Å². The summed E-state index contributed by atoms with van der Waals surface area (Å²) in [5.74, 6) is 1.74. The van der Waals surface area contributed by atoms with E-state index in [9.17, 15) is 4.79 Å². The molecule has 2 aromatic heterocycles. The normalized spacial score (nSPS) is 19.6. The number of likely N-dealkylation sites (tertiary alicyclic amines) is 1. The molecular weight excluding hydrogens is 422 g/mol. The van der Waals surface area contributed by atoms with Gasteiger partial charge in [0.15, 0.2) is 0 Å². The van der Waals surface area contributed by atoms with Crippen molar-refractivity contribution in [3.63, 3.8) is 0 Å². The molecule has 1 aromatic carbocycles. The molecule has 2 aliphatic rings. The van der Waals surface area contributed by atoms with Gasteiger partial charge in [-0.1, -0.05) is 0 Å². The minimum absolute atomic E-state index is 0.0489. The maximum Gasteiger partial charge on any atom is 0.321 e. The third-order valence-electron chi connectivity index (χ3n) is 6.76. The number of urea groups is 1. The van der Waals surface area contributed by atoms with E-state index < -0.39 is 0 Å². The second-order valence-corrected chi connectivity index (χ2v) is 8.70. The standard InChI is InChI=1S/C24H27N5O4/c1-16-13-18(31-2)3-4-20(16)26-23(30)29-14-19(24(15-29)7-11-32-12-8-24)22-28-27-21(33-22)17-5-9-25-10-6-17/h3-6,9-10,13,19H,7-8,11-12,14-15H2,1-2H3,(H,26,30). The van der Waals surface area contributed by atoms with Crippen molar-refractivity contribution in [2.75, 3.05) is 38.7 Å². The van der Waals surface area contributed by atoms with Crippen LogP contribution in [0.2, 0.25) is 0 Å². The number of amides is 2. The van der Waals surface area contributed by atoms with Crippen molar-refractivity contribution >= 4 is 11.7 Å². The topological polar surface area (TPSA) is 103 Å². The average Bonchev–Trinajstić information content (AvgIpc) is 3.47. The van der Waals surface area contributed by atoms with E-state index in [1.165, 1.54) is 0 Å². The molecule has 2 aliphatic heterocycles. The van der Waals surface area contributed by atoms with Crippen molar-refractivity contribution in [1.82, 2.24) is 20.1 Å². The van der Waals surface area contributed by atoms with Gasteiger partial charge in [0.05, 0.1) is 13.0 Å². The lowest BCUT2D eigenvalue weighted by Crippen LogP contribution is -2.38. The van der Waals surface area contributed by atoms with Crippen LogP contribution in [-0.4, -0.2) is 59.5 Å². The van der Waals surface area contributed by atoms with Gasteiger partial charge in [-0.3, -0.25) is 4.98 Å². The molecule has 33 heavy (non-hydrogen) atoms. The van der Waals surface area contributed by atoms with Crippen molar-refractivity contribution < 1.29 is 18.7 Å². The number of hydrogen-bond donors (Lipinski definition) is 1. The Labute approximate surface area is 192 Å². The van der Waals surface area contributed by atoms with Crippen molar-refractivity contribution in [3.8, 4) is 17.2 Å². The average molecular weight is 450 g/mol. The molecule has 172 valence electrons. The van der Waals surface area contributed by atoms with Crippen LogP contribution in [0.25, 0.3) is 11.5 Å². The first kappa shape index (κ1) is 21.4. The fourth-order valence-electron chi connectivity index (χ4n) is 4.83. The lowest BCUT2D eigenvalue weighted by molar-refractivity contribution is 0.0104. The predicted octanol–water partition coefficient (Wildman–Crippen LogP) is 3.88. The van der Waals surface area contributed by atoms with E-state index in [0.29, 0.717) is 38.1 Å². The number of aryl methyl sites for hydroxylation is 1. The van der Waals surface area contributed by atoms with Crippen molar-refractivity contribution in [2.45, 2.75) is 25.7 Å². The van der Waals surface area contributed by atoms with Gasteiger partial charge >= 0.3 is 6.03 Å². The second-order valence-electron chi connectivity index (χ2n) is 8.70. The van der Waals surface area contributed by atoms with E-state index >= 15 is 0 Å². The molecule has 9 nitrogen and oxygen atoms in total. The molecule has 1 atom stereocenters. The van der Waals surface area contributed by atoms with E-state index in [0.717, 1.165) is 35.4 Å². The largest absolute Gasteiger partial charge is 0.497 e. The molecule has 0 bridgehead atoms. The number of benzene rings is 1. The van der Waals surface area contributed by atoms with Crippen LogP contribution >= 0.6 is 0 Å². The third kappa shape index (κ3) is 4.16. The quantitative estimate of drug-likeness (QED) is 0.645. The molecule has 1 spiro atoms. The lowest BCUT2D eigenvalue weighted by atomic mass is 9.72. The van der Waals surface area contributed by atoms with E-state index in [4.69, 9.17) is 13.9 Å². The Kier molecular flexibility index (Phi) is 5.72. The molecule has 4 heterocycles. The van der Waals surface area contributed by atoms with E-state index in [1.54, 1.807) is 19.5 Å². The third-order valence-corrected chi connectivity index (χ3v) is 6.76. The fraction of sp³-hybridized carbons (Fsp3) is 0.417. The van der Waals surface area contributed by atoms with Crippen LogP contribution in [0.15, 0.2) is 47.1 Å². The van der Waals surface area contributed by atoms with Gasteiger partial charge in [-0.05, 0) is 55.7 Å². The first-order chi connectivity index (χ1) is 16.1. The second kappa shape index (κ2) is 8.82. The smallest absolute Gasteiger partial charge is 0.321 e. The zero-order valence-corrected chi connectivity index (χ0v) is 18.8. The zero-order valence-electron chi connectivity index (χ0n) is 18.8. The minimum atomic E-state index is -0.146. The van der Waals surface area contributed by atoms with Crippen LogP contribution in [-0.2, 0) is 4.74 Å². The Bertz CT molecular complexity index is 1130. The maximum absolute atomic E-state index is 13.2. The van der Waals surface area contributed by atoms with Crippen molar-refractivity contribution in [2.24, 2.45) is 5.41 Å². The van der Waals surface area contributed by atoms with Crippen LogP contribution in [0.1, 0.15) is 30.2 Å². The number of rotatable bonds is 4. The Morgan fingerprint density at radius 2 is 1.97 bits per heavy atom. The monoisotopic (exact) mass is 449 g/mol. The SMILES string of the molecule is COc1ccc(NC(=O)N2CC(c3nnc(-c4ccncc4)o3)C3(CCOCC3)C2)c(C)c1. The number of nitrogens with zero attached hydrogens (tertiary/aromatic N) is 4. The Morgan fingerprint density at radius 3 is 2.70 bits per heavy atom. The number of carbonyl (C=O) groups excluding carboxylic acids is 1. The van der Waals surface area contributed by atoms with Crippen molar-refractivity contribution in [1.29, 1.82) is 0 Å². The molecule has 9 heteroatoms. The summed E-state index contributed by atoms with van der Waals surface area (Å²) in [6.45, 7) is 4.40. The predicted molar refractivity (Wildman–Crippen MR) is 121 cm³/mol. The molecule has 1 N–H and O–H groups in total. The van der Waals surface area contributed by atoms with Gasteiger partial charge in [0.1, 0.15) is 5.75 Å². The van der Waals surface area contributed by atoms with E-state index in [-0.39, 0.29) is 17.4 Å². The first-order valence-electron chi connectivity index (χ1n) is 11.1. The summed E-state index contributed by atoms with van der Waals surface area (Å²) < 4.78 is 17.0. The number of methoxy groups -OCH3 is 1. The molecule has 5 rings (SSSR count). The van der Waals surface area contributed by atoms with Crippen LogP contribution in [0, 0.1) is 12.3 Å². The molecular formula is C24H27N5O4. The number of aromatic nitrogens is 3. The van der Waals surface area contributed by atoms with Gasteiger partial charge in [-0.25, -0.2) is 4.79 Å². The summed E-state index contributed by atoms with van der Waals surface area (Å²) in [5, 5.41) is 11.7. The van der Waals surface area contributed by atoms with Crippen molar-refractivity contribution in [3.05, 3.63) is 54.2 Å². The number of hydrogen-bond acceptors (Lipinski definition) is 7. The van der Waals surface area contributed by atoms with Gasteiger partial charge in [0.25, 0.3) is 0 Å². The Hall–Kier alpha value is -3.46. The van der Waals surface area contributed by atoms with Gasteiger partial charge in [-0.15, -0.1) is 10.2 Å². The Morgan fingerprint density at radius 1 is 1.18 bits per heavy atom. The molecule has 0 radical (unpaired) electrons. The summed E-state index contributed by atoms with van der Waals surface area (Å²) >= 11 is 0. The number of ether oxygens (including phenoxy) is 2. The molecule has 0 aliphatic carbocycles. The molecule has 2 amide bonds. The molecule has 3 aromatic rings. The summed E-state index contributed by atoms with van der Waals surface area (Å²) in [6.07, 6.45) is 5.08. The van der Waals surface area contributed by atoms with Gasteiger partial charge in [-0.2, -0.15) is 0 Å². The molecule has 2 saturated heterocycles. The molecule has 0 saturated carbocycles. The number of nitrogens with one attached hydrogen (secondary N) is 1. The maximum atomic E-state index is 13.2. The Balaban J connectivity index is 1.38. The highest BCUT2D eigenvalue weighted by Gasteiger charge is 2.51. The highest BCUT2D eigenvalue weighted by atomic mass is 16.5. The molecule has 2 fully saturated rings. The summed E-state index contributed by atoms with van der Waals surface area (Å²) in [5.41, 5.74) is 2.39.